The molecule has 2 N–H and O–H groups in total. The van der Waals surface area contributed by atoms with E-state index in [2.05, 4.69) is 5.32 Å². The number of carbonyl (C=O) groups is 1. The van der Waals surface area contributed by atoms with Gasteiger partial charge in [0.2, 0.25) is 0 Å². The molecule has 86 valence electrons. The van der Waals surface area contributed by atoms with Crippen molar-refractivity contribution in [3.63, 3.8) is 0 Å². The van der Waals surface area contributed by atoms with Gasteiger partial charge in [0.15, 0.2) is 0 Å². The molecule has 0 aromatic carbocycles. The molecule has 1 amide bonds. The molecular weight excluding hydrogens is 192 g/mol. The van der Waals surface area contributed by atoms with E-state index in [-0.39, 0.29) is 5.54 Å². The minimum Gasteiger partial charge on any atom is -0.465 e. The van der Waals surface area contributed by atoms with Crippen molar-refractivity contribution in [2.75, 3.05) is 19.6 Å². The molecule has 1 saturated heterocycles. The standard InChI is InChI=1S/C11H20N2O2/c1-11(2,3)13(10(14)15)6-9-7-4-12-5-8(7)9/h7-9,12H,4-6H2,1-3H3,(H,14,15)/t7-,8+,9?. The first-order valence-electron chi connectivity index (χ1n) is 5.62. The van der Waals surface area contributed by atoms with Crippen molar-refractivity contribution >= 4 is 6.09 Å². The summed E-state index contributed by atoms with van der Waals surface area (Å²) >= 11 is 0. The van der Waals surface area contributed by atoms with Crippen LogP contribution in [0, 0.1) is 17.8 Å². The van der Waals surface area contributed by atoms with E-state index in [0.29, 0.717) is 12.5 Å². The third-order valence-corrected chi connectivity index (χ3v) is 3.70. The van der Waals surface area contributed by atoms with Crippen LogP contribution in [0.15, 0.2) is 0 Å². The number of piperidine rings is 1. The second-order valence-corrected chi connectivity index (χ2v) is 5.71. The SMILES string of the molecule is CC(C)(C)N(CC1[C@H]2CNC[C@@H]12)C(=O)O. The van der Waals surface area contributed by atoms with Crippen LogP contribution in [0.3, 0.4) is 0 Å². The van der Waals surface area contributed by atoms with Crippen LogP contribution in [-0.2, 0) is 0 Å². The average molecular weight is 212 g/mol. The van der Waals surface area contributed by atoms with E-state index in [1.54, 1.807) is 4.90 Å². The Morgan fingerprint density at radius 2 is 1.93 bits per heavy atom. The number of rotatable bonds is 2. The van der Waals surface area contributed by atoms with E-state index in [0.717, 1.165) is 24.9 Å². The molecule has 0 aromatic rings. The maximum atomic E-state index is 11.1. The zero-order valence-corrected chi connectivity index (χ0v) is 9.66. The molecule has 1 aliphatic heterocycles. The van der Waals surface area contributed by atoms with E-state index in [9.17, 15) is 4.79 Å². The summed E-state index contributed by atoms with van der Waals surface area (Å²) in [4.78, 5) is 12.7. The van der Waals surface area contributed by atoms with Gasteiger partial charge in [0.1, 0.15) is 0 Å². The summed E-state index contributed by atoms with van der Waals surface area (Å²) in [6.45, 7) is 8.72. The van der Waals surface area contributed by atoms with Gasteiger partial charge in [-0.1, -0.05) is 0 Å². The number of nitrogens with zero attached hydrogens (tertiary/aromatic N) is 1. The van der Waals surface area contributed by atoms with Gasteiger partial charge in [0.05, 0.1) is 0 Å². The predicted octanol–water partition coefficient (Wildman–Crippen LogP) is 1.23. The number of hydrogen-bond acceptors (Lipinski definition) is 2. The van der Waals surface area contributed by atoms with Gasteiger partial charge in [-0.3, -0.25) is 0 Å². The molecule has 1 unspecified atom stereocenters. The predicted molar refractivity (Wildman–Crippen MR) is 57.8 cm³/mol. The van der Waals surface area contributed by atoms with E-state index in [1.165, 1.54) is 0 Å². The van der Waals surface area contributed by atoms with Crippen molar-refractivity contribution in [2.24, 2.45) is 17.8 Å². The summed E-state index contributed by atoms with van der Waals surface area (Å²) in [5.74, 6) is 2.06. The Morgan fingerprint density at radius 1 is 1.40 bits per heavy atom. The van der Waals surface area contributed by atoms with E-state index < -0.39 is 6.09 Å². The van der Waals surface area contributed by atoms with Crippen LogP contribution in [0.1, 0.15) is 20.8 Å². The van der Waals surface area contributed by atoms with Gasteiger partial charge in [0, 0.05) is 12.1 Å². The minimum atomic E-state index is -0.791. The van der Waals surface area contributed by atoms with Gasteiger partial charge >= 0.3 is 6.09 Å². The molecule has 0 radical (unpaired) electrons. The zero-order valence-electron chi connectivity index (χ0n) is 9.66. The Kier molecular flexibility index (Phi) is 2.41. The van der Waals surface area contributed by atoms with Crippen LogP contribution in [0.2, 0.25) is 0 Å². The summed E-state index contributed by atoms with van der Waals surface area (Å²) in [6.07, 6.45) is -0.791. The molecule has 0 bridgehead atoms. The maximum Gasteiger partial charge on any atom is 0.407 e. The Balaban J connectivity index is 1.94. The third kappa shape index (κ3) is 1.95. The van der Waals surface area contributed by atoms with E-state index in [1.807, 2.05) is 20.8 Å². The summed E-state index contributed by atoms with van der Waals surface area (Å²) in [5, 5.41) is 12.5. The summed E-state index contributed by atoms with van der Waals surface area (Å²) in [6, 6.07) is 0. The molecule has 4 nitrogen and oxygen atoms in total. The van der Waals surface area contributed by atoms with Gasteiger partial charge in [-0.2, -0.15) is 0 Å². The highest BCUT2D eigenvalue weighted by atomic mass is 16.4. The number of fused-ring (bicyclic) bond motifs is 1. The molecule has 0 aromatic heterocycles. The van der Waals surface area contributed by atoms with Gasteiger partial charge < -0.3 is 15.3 Å². The van der Waals surface area contributed by atoms with Crippen molar-refractivity contribution in [2.45, 2.75) is 26.3 Å². The van der Waals surface area contributed by atoms with Crippen LogP contribution >= 0.6 is 0 Å². The minimum absolute atomic E-state index is 0.282. The van der Waals surface area contributed by atoms with Crippen molar-refractivity contribution in [3.8, 4) is 0 Å². The Morgan fingerprint density at radius 3 is 2.33 bits per heavy atom. The molecule has 0 spiro atoms. The highest BCUT2D eigenvalue weighted by Gasteiger charge is 2.54. The third-order valence-electron chi connectivity index (χ3n) is 3.70. The number of carboxylic acid groups (broad SMARTS) is 1. The zero-order chi connectivity index (χ0) is 11.2. The lowest BCUT2D eigenvalue weighted by Crippen LogP contribution is -2.46. The van der Waals surface area contributed by atoms with Gasteiger partial charge in [-0.25, -0.2) is 4.79 Å². The monoisotopic (exact) mass is 212 g/mol. The molecule has 3 atom stereocenters. The molecular formula is C11H20N2O2. The fraction of sp³-hybridized carbons (Fsp3) is 0.909. The number of amides is 1. The van der Waals surface area contributed by atoms with Crippen molar-refractivity contribution in [3.05, 3.63) is 0 Å². The molecule has 15 heavy (non-hydrogen) atoms. The topological polar surface area (TPSA) is 52.6 Å². The van der Waals surface area contributed by atoms with Gasteiger partial charge in [-0.05, 0) is 51.6 Å². The largest absolute Gasteiger partial charge is 0.465 e. The second-order valence-electron chi connectivity index (χ2n) is 5.71. The number of hydrogen-bond donors (Lipinski definition) is 2. The smallest absolute Gasteiger partial charge is 0.407 e. The van der Waals surface area contributed by atoms with Crippen LogP contribution in [-0.4, -0.2) is 41.3 Å². The van der Waals surface area contributed by atoms with Crippen molar-refractivity contribution in [1.82, 2.24) is 10.2 Å². The first kappa shape index (κ1) is 10.7. The Bertz CT molecular complexity index is 262. The first-order chi connectivity index (χ1) is 6.91. The normalized spacial score (nSPS) is 33.7. The van der Waals surface area contributed by atoms with E-state index in [4.69, 9.17) is 5.11 Å². The summed E-state index contributed by atoms with van der Waals surface area (Å²) in [7, 11) is 0. The lowest BCUT2D eigenvalue weighted by atomic mass is 10.1. The first-order valence-corrected chi connectivity index (χ1v) is 5.62. The average Bonchev–Trinajstić information content (AvgIpc) is 2.56. The molecule has 2 fully saturated rings. The quantitative estimate of drug-likeness (QED) is 0.724. The highest BCUT2D eigenvalue weighted by molar-refractivity contribution is 5.66. The lowest BCUT2D eigenvalue weighted by Gasteiger charge is -2.33. The van der Waals surface area contributed by atoms with Crippen LogP contribution < -0.4 is 5.32 Å². The fourth-order valence-corrected chi connectivity index (χ4v) is 2.67. The molecule has 2 rings (SSSR count). The van der Waals surface area contributed by atoms with Gasteiger partial charge in [-0.15, -0.1) is 0 Å². The Labute approximate surface area is 90.6 Å². The van der Waals surface area contributed by atoms with Crippen molar-refractivity contribution in [1.29, 1.82) is 0 Å². The fourth-order valence-electron chi connectivity index (χ4n) is 2.67. The van der Waals surface area contributed by atoms with Crippen LogP contribution in [0.5, 0.6) is 0 Å². The number of nitrogens with one attached hydrogen (secondary N) is 1. The maximum absolute atomic E-state index is 11.1. The molecule has 1 heterocycles. The lowest BCUT2D eigenvalue weighted by molar-refractivity contribution is 0.0946. The van der Waals surface area contributed by atoms with Crippen LogP contribution in [0.25, 0.3) is 0 Å². The van der Waals surface area contributed by atoms with Crippen LogP contribution in [0.4, 0.5) is 4.79 Å². The van der Waals surface area contributed by atoms with Gasteiger partial charge in [0.25, 0.3) is 0 Å². The highest BCUT2D eigenvalue weighted by Crippen LogP contribution is 2.49. The summed E-state index contributed by atoms with van der Waals surface area (Å²) < 4.78 is 0. The molecule has 1 aliphatic carbocycles. The molecule has 4 heteroatoms. The molecule has 2 aliphatic rings. The Hall–Kier alpha value is -0.770. The second kappa shape index (κ2) is 3.37. The summed E-state index contributed by atoms with van der Waals surface area (Å²) in [5.41, 5.74) is -0.282. The van der Waals surface area contributed by atoms with E-state index >= 15 is 0 Å². The van der Waals surface area contributed by atoms with Crippen molar-refractivity contribution < 1.29 is 9.90 Å². The molecule has 1 saturated carbocycles.